The second-order valence-corrected chi connectivity index (χ2v) is 5.20. The molecule has 0 amide bonds. The van der Waals surface area contributed by atoms with Gasteiger partial charge in [-0.1, -0.05) is 13.0 Å². The SMILES string of the molecule is CC1CNCCC1(O)c1ccc2c(c1)CCO2. The predicted molar refractivity (Wildman–Crippen MR) is 66.2 cm³/mol. The highest BCUT2D eigenvalue weighted by Crippen LogP contribution is 2.37. The van der Waals surface area contributed by atoms with Gasteiger partial charge in [0.25, 0.3) is 0 Å². The number of ether oxygens (including phenoxy) is 1. The van der Waals surface area contributed by atoms with Gasteiger partial charge in [-0.15, -0.1) is 0 Å². The Morgan fingerprint density at radius 2 is 2.35 bits per heavy atom. The van der Waals surface area contributed by atoms with Gasteiger partial charge in [0.1, 0.15) is 5.75 Å². The monoisotopic (exact) mass is 233 g/mol. The minimum absolute atomic E-state index is 0.247. The Labute approximate surface area is 102 Å². The molecule has 2 atom stereocenters. The van der Waals surface area contributed by atoms with Crippen LogP contribution in [0, 0.1) is 5.92 Å². The van der Waals surface area contributed by atoms with Crippen LogP contribution in [-0.2, 0) is 12.0 Å². The first-order valence-electron chi connectivity index (χ1n) is 6.39. The van der Waals surface area contributed by atoms with Crippen LogP contribution in [0.15, 0.2) is 18.2 Å². The summed E-state index contributed by atoms with van der Waals surface area (Å²) >= 11 is 0. The van der Waals surface area contributed by atoms with Gasteiger partial charge in [-0.05, 0) is 36.2 Å². The Balaban J connectivity index is 1.97. The van der Waals surface area contributed by atoms with E-state index in [4.69, 9.17) is 4.74 Å². The maximum atomic E-state index is 10.9. The summed E-state index contributed by atoms with van der Waals surface area (Å²) in [6.07, 6.45) is 1.75. The van der Waals surface area contributed by atoms with Gasteiger partial charge in [0, 0.05) is 18.9 Å². The zero-order chi connectivity index (χ0) is 11.9. The van der Waals surface area contributed by atoms with Gasteiger partial charge in [0.15, 0.2) is 0 Å². The highest BCUT2D eigenvalue weighted by Gasteiger charge is 2.38. The standard InChI is InChI=1S/C14H19NO2/c1-10-9-15-6-5-14(10,16)12-2-3-13-11(8-12)4-7-17-13/h2-3,8,10,15-16H,4-7,9H2,1H3. The minimum atomic E-state index is -0.678. The lowest BCUT2D eigenvalue weighted by atomic mass is 9.77. The van der Waals surface area contributed by atoms with Gasteiger partial charge in [-0.25, -0.2) is 0 Å². The molecule has 1 aromatic carbocycles. The van der Waals surface area contributed by atoms with E-state index in [-0.39, 0.29) is 5.92 Å². The van der Waals surface area contributed by atoms with E-state index >= 15 is 0 Å². The highest BCUT2D eigenvalue weighted by atomic mass is 16.5. The van der Waals surface area contributed by atoms with Gasteiger partial charge in [0.2, 0.25) is 0 Å². The van der Waals surface area contributed by atoms with Crippen LogP contribution in [0.2, 0.25) is 0 Å². The molecule has 0 bridgehead atoms. The molecule has 1 aromatic rings. The summed E-state index contributed by atoms with van der Waals surface area (Å²) < 4.78 is 5.51. The third kappa shape index (κ3) is 1.74. The van der Waals surface area contributed by atoms with E-state index < -0.39 is 5.60 Å². The zero-order valence-corrected chi connectivity index (χ0v) is 10.2. The van der Waals surface area contributed by atoms with Crippen molar-refractivity contribution in [3.8, 4) is 5.75 Å². The van der Waals surface area contributed by atoms with Crippen molar-refractivity contribution in [2.45, 2.75) is 25.4 Å². The Morgan fingerprint density at radius 1 is 1.47 bits per heavy atom. The summed E-state index contributed by atoms with van der Waals surface area (Å²) in [5, 5.41) is 14.2. The van der Waals surface area contributed by atoms with Gasteiger partial charge >= 0.3 is 0 Å². The van der Waals surface area contributed by atoms with Crippen molar-refractivity contribution in [2.24, 2.45) is 5.92 Å². The maximum absolute atomic E-state index is 10.9. The minimum Gasteiger partial charge on any atom is -0.493 e. The lowest BCUT2D eigenvalue weighted by Gasteiger charge is -2.39. The number of aliphatic hydroxyl groups is 1. The number of rotatable bonds is 1. The van der Waals surface area contributed by atoms with Crippen molar-refractivity contribution in [3.63, 3.8) is 0 Å². The normalized spacial score (nSPS) is 32.0. The third-order valence-electron chi connectivity index (χ3n) is 4.14. The van der Waals surface area contributed by atoms with E-state index in [9.17, 15) is 5.11 Å². The van der Waals surface area contributed by atoms with Gasteiger partial charge in [-0.2, -0.15) is 0 Å². The van der Waals surface area contributed by atoms with E-state index in [1.807, 2.05) is 12.1 Å². The molecule has 0 saturated carbocycles. The number of hydrogen-bond donors (Lipinski definition) is 2. The number of hydrogen-bond acceptors (Lipinski definition) is 3. The molecule has 0 radical (unpaired) electrons. The molecule has 2 N–H and O–H groups in total. The molecular formula is C14H19NO2. The molecular weight excluding hydrogens is 214 g/mol. The Bertz CT molecular complexity index is 432. The number of benzene rings is 1. The lowest BCUT2D eigenvalue weighted by Crippen LogP contribution is -2.46. The van der Waals surface area contributed by atoms with Gasteiger partial charge < -0.3 is 15.2 Å². The summed E-state index contributed by atoms with van der Waals surface area (Å²) in [4.78, 5) is 0. The first kappa shape index (κ1) is 11.1. The van der Waals surface area contributed by atoms with E-state index in [1.54, 1.807) is 0 Å². The quantitative estimate of drug-likeness (QED) is 0.771. The van der Waals surface area contributed by atoms with E-state index in [0.717, 1.165) is 43.9 Å². The van der Waals surface area contributed by atoms with E-state index in [1.165, 1.54) is 5.56 Å². The van der Waals surface area contributed by atoms with Crippen LogP contribution in [0.5, 0.6) is 5.75 Å². The molecule has 0 spiro atoms. The number of piperidine rings is 1. The molecule has 1 saturated heterocycles. The summed E-state index contributed by atoms with van der Waals surface area (Å²) in [6, 6.07) is 6.15. The summed E-state index contributed by atoms with van der Waals surface area (Å²) in [5.41, 5.74) is 1.61. The first-order chi connectivity index (χ1) is 8.20. The average molecular weight is 233 g/mol. The van der Waals surface area contributed by atoms with E-state index in [0.29, 0.717) is 0 Å². The summed E-state index contributed by atoms with van der Waals surface area (Å²) in [5.74, 6) is 1.23. The second kappa shape index (κ2) is 4.00. The highest BCUT2D eigenvalue weighted by molar-refractivity contribution is 5.42. The number of fused-ring (bicyclic) bond motifs is 1. The van der Waals surface area contributed by atoms with Crippen LogP contribution in [-0.4, -0.2) is 24.8 Å². The van der Waals surface area contributed by atoms with Gasteiger partial charge in [-0.3, -0.25) is 0 Å². The fourth-order valence-electron chi connectivity index (χ4n) is 2.90. The molecule has 3 rings (SSSR count). The van der Waals surface area contributed by atoms with Crippen molar-refractivity contribution in [3.05, 3.63) is 29.3 Å². The van der Waals surface area contributed by atoms with Crippen molar-refractivity contribution in [2.75, 3.05) is 19.7 Å². The molecule has 17 heavy (non-hydrogen) atoms. The van der Waals surface area contributed by atoms with Crippen LogP contribution in [0.3, 0.4) is 0 Å². The first-order valence-corrected chi connectivity index (χ1v) is 6.39. The third-order valence-corrected chi connectivity index (χ3v) is 4.14. The molecule has 2 heterocycles. The molecule has 2 unspecified atom stereocenters. The summed E-state index contributed by atoms with van der Waals surface area (Å²) in [6.45, 7) is 4.64. The maximum Gasteiger partial charge on any atom is 0.122 e. The van der Waals surface area contributed by atoms with Crippen molar-refractivity contribution in [1.82, 2.24) is 5.32 Å². The van der Waals surface area contributed by atoms with Crippen LogP contribution in [0.1, 0.15) is 24.5 Å². The molecule has 2 aliphatic rings. The van der Waals surface area contributed by atoms with Crippen molar-refractivity contribution < 1.29 is 9.84 Å². The van der Waals surface area contributed by atoms with Crippen LogP contribution in [0.4, 0.5) is 0 Å². The molecule has 3 heteroatoms. The van der Waals surface area contributed by atoms with Crippen LogP contribution >= 0.6 is 0 Å². The molecule has 1 fully saturated rings. The fourth-order valence-corrected chi connectivity index (χ4v) is 2.90. The van der Waals surface area contributed by atoms with Gasteiger partial charge in [0.05, 0.1) is 12.2 Å². The molecule has 0 aliphatic carbocycles. The molecule has 0 aromatic heterocycles. The Hall–Kier alpha value is -1.06. The Kier molecular flexibility index (Phi) is 2.60. The van der Waals surface area contributed by atoms with Crippen LogP contribution in [0.25, 0.3) is 0 Å². The fraction of sp³-hybridized carbons (Fsp3) is 0.571. The topological polar surface area (TPSA) is 41.5 Å². The zero-order valence-electron chi connectivity index (χ0n) is 10.2. The lowest BCUT2D eigenvalue weighted by molar-refractivity contribution is -0.0392. The largest absolute Gasteiger partial charge is 0.493 e. The predicted octanol–water partition coefficient (Wildman–Crippen LogP) is 1.44. The number of nitrogens with one attached hydrogen (secondary N) is 1. The van der Waals surface area contributed by atoms with Crippen molar-refractivity contribution >= 4 is 0 Å². The molecule has 2 aliphatic heterocycles. The molecule has 3 nitrogen and oxygen atoms in total. The second-order valence-electron chi connectivity index (χ2n) is 5.20. The Morgan fingerprint density at radius 3 is 3.18 bits per heavy atom. The smallest absolute Gasteiger partial charge is 0.122 e. The average Bonchev–Trinajstić information content (AvgIpc) is 2.80. The van der Waals surface area contributed by atoms with E-state index in [2.05, 4.69) is 18.3 Å². The van der Waals surface area contributed by atoms with Crippen LogP contribution < -0.4 is 10.1 Å². The molecule has 92 valence electrons. The van der Waals surface area contributed by atoms with Crippen molar-refractivity contribution in [1.29, 1.82) is 0 Å². The summed E-state index contributed by atoms with van der Waals surface area (Å²) in [7, 11) is 0.